The van der Waals surface area contributed by atoms with Gasteiger partial charge >= 0.3 is 14.5 Å². The molecule has 0 aromatic heterocycles. The van der Waals surface area contributed by atoms with Gasteiger partial charge in [-0.05, 0) is 13.3 Å². The summed E-state index contributed by atoms with van der Waals surface area (Å²) < 4.78 is 11.7. The van der Waals surface area contributed by atoms with Crippen LogP contribution in [0.5, 0.6) is 0 Å². The maximum Gasteiger partial charge on any atom is 0.460 e. The topological polar surface area (TPSA) is 18.5 Å². The first-order valence-corrected chi connectivity index (χ1v) is 8.61. The Balaban J connectivity index is 2.28. The Labute approximate surface area is 99.1 Å². The molecule has 3 heteroatoms. The SMILES string of the molecule is CC[CH2][Al]([CH2]CC)[O]C(C)C1CCOC1. The zero-order valence-corrected chi connectivity index (χ0v) is 11.7. The van der Waals surface area contributed by atoms with Crippen molar-refractivity contribution in [3.8, 4) is 0 Å². The third-order valence-electron chi connectivity index (χ3n) is 3.26. The van der Waals surface area contributed by atoms with Gasteiger partial charge in [-0.3, -0.25) is 0 Å². The fraction of sp³-hybridized carbons (Fsp3) is 1.00. The quantitative estimate of drug-likeness (QED) is 0.623. The van der Waals surface area contributed by atoms with E-state index in [2.05, 4.69) is 20.8 Å². The van der Waals surface area contributed by atoms with E-state index in [-0.39, 0.29) is 0 Å². The van der Waals surface area contributed by atoms with Crippen molar-refractivity contribution in [2.45, 2.75) is 56.7 Å². The van der Waals surface area contributed by atoms with Crippen LogP contribution in [-0.2, 0) is 8.53 Å². The van der Waals surface area contributed by atoms with Crippen LogP contribution in [0, 0.1) is 5.92 Å². The van der Waals surface area contributed by atoms with Crippen LogP contribution in [0.4, 0.5) is 0 Å². The molecule has 0 spiro atoms. The van der Waals surface area contributed by atoms with Gasteiger partial charge in [-0.2, -0.15) is 0 Å². The molecule has 1 heterocycles. The van der Waals surface area contributed by atoms with Gasteiger partial charge in [0.25, 0.3) is 0 Å². The van der Waals surface area contributed by atoms with Crippen molar-refractivity contribution in [3.63, 3.8) is 0 Å². The molecule has 0 radical (unpaired) electrons. The molecule has 2 unspecified atom stereocenters. The molecule has 0 saturated carbocycles. The van der Waals surface area contributed by atoms with Gasteiger partial charge in [-0.15, -0.1) is 0 Å². The lowest BCUT2D eigenvalue weighted by atomic mass is 10.0. The highest BCUT2D eigenvalue weighted by Gasteiger charge is 2.27. The number of ether oxygens (including phenoxy) is 1. The summed E-state index contributed by atoms with van der Waals surface area (Å²) >= 11 is -0.903. The second-order valence-electron chi connectivity index (χ2n) is 4.66. The predicted molar refractivity (Wildman–Crippen MR) is 65.4 cm³/mol. The Bertz CT molecular complexity index is 152. The van der Waals surface area contributed by atoms with E-state index in [1.54, 1.807) is 0 Å². The fourth-order valence-electron chi connectivity index (χ4n) is 2.26. The van der Waals surface area contributed by atoms with Gasteiger partial charge in [0.1, 0.15) is 0 Å². The zero-order chi connectivity index (χ0) is 11.1. The smallest absolute Gasteiger partial charge is 0.460 e. The molecule has 1 aliphatic rings. The Kier molecular flexibility index (Phi) is 6.92. The second-order valence-corrected chi connectivity index (χ2v) is 7.34. The van der Waals surface area contributed by atoms with Gasteiger partial charge in [0, 0.05) is 18.6 Å². The summed E-state index contributed by atoms with van der Waals surface area (Å²) in [5.41, 5.74) is 0. The van der Waals surface area contributed by atoms with Gasteiger partial charge in [-0.1, -0.05) is 37.3 Å². The van der Waals surface area contributed by atoms with Gasteiger partial charge in [0.05, 0.1) is 6.61 Å². The molecule has 88 valence electrons. The maximum atomic E-state index is 6.27. The van der Waals surface area contributed by atoms with Crippen LogP contribution in [0.3, 0.4) is 0 Å². The molecule has 1 fully saturated rings. The summed E-state index contributed by atoms with van der Waals surface area (Å²) in [5.74, 6) is 0.661. The highest BCUT2D eigenvalue weighted by molar-refractivity contribution is 6.51. The molecular weight excluding hydrogens is 203 g/mol. The van der Waals surface area contributed by atoms with E-state index in [0.29, 0.717) is 12.0 Å². The lowest BCUT2D eigenvalue weighted by Crippen LogP contribution is -2.29. The number of rotatable bonds is 7. The molecule has 0 aromatic carbocycles. The Morgan fingerprint density at radius 3 is 2.47 bits per heavy atom. The molecule has 15 heavy (non-hydrogen) atoms. The largest absolute Gasteiger partial charge is 0.498 e. The van der Waals surface area contributed by atoms with Crippen LogP contribution in [-0.4, -0.2) is 33.8 Å². The highest BCUT2D eigenvalue weighted by atomic mass is 27.2. The van der Waals surface area contributed by atoms with Gasteiger partial charge in [0.2, 0.25) is 0 Å². The maximum absolute atomic E-state index is 6.27. The first-order chi connectivity index (χ1) is 7.27. The van der Waals surface area contributed by atoms with Crippen molar-refractivity contribution < 1.29 is 8.53 Å². The van der Waals surface area contributed by atoms with Crippen LogP contribution in [0.15, 0.2) is 0 Å². The molecule has 0 N–H and O–H groups in total. The summed E-state index contributed by atoms with van der Waals surface area (Å²) in [4.78, 5) is 0. The monoisotopic (exact) mass is 228 g/mol. The standard InChI is InChI=1S/C6H11O2.2C3H7.Al/c1-5(7)6-2-3-8-4-6;2*1-3-2;/h5-6H,2-4H2,1H3;2*1,3H2,2H3;/q-1;;;+1. The van der Waals surface area contributed by atoms with Crippen molar-refractivity contribution in [2.75, 3.05) is 13.2 Å². The minimum absolute atomic E-state index is 0.433. The van der Waals surface area contributed by atoms with E-state index in [0.717, 1.165) is 13.2 Å². The average Bonchev–Trinajstić information content (AvgIpc) is 2.71. The molecule has 1 rings (SSSR count). The summed E-state index contributed by atoms with van der Waals surface area (Å²) in [6, 6.07) is 0. The van der Waals surface area contributed by atoms with E-state index in [4.69, 9.17) is 8.53 Å². The summed E-state index contributed by atoms with van der Waals surface area (Å²) in [6.07, 6.45) is 4.19. The van der Waals surface area contributed by atoms with E-state index >= 15 is 0 Å². The summed E-state index contributed by atoms with van der Waals surface area (Å²) in [7, 11) is 0. The van der Waals surface area contributed by atoms with Crippen LogP contribution in [0.1, 0.15) is 40.0 Å². The second kappa shape index (κ2) is 7.68. The van der Waals surface area contributed by atoms with Gasteiger partial charge in [-0.25, -0.2) is 0 Å². The van der Waals surface area contributed by atoms with Crippen molar-refractivity contribution in [2.24, 2.45) is 5.92 Å². The highest BCUT2D eigenvalue weighted by Crippen LogP contribution is 2.21. The predicted octanol–water partition coefficient (Wildman–Crippen LogP) is 3.24. The van der Waals surface area contributed by atoms with Gasteiger partial charge in [0.15, 0.2) is 0 Å². The average molecular weight is 228 g/mol. The Morgan fingerprint density at radius 1 is 1.33 bits per heavy atom. The van der Waals surface area contributed by atoms with Crippen molar-refractivity contribution in [1.82, 2.24) is 0 Å². The van der Waals surface area contributed by atoms with Gasteiger partial charge < -0.3 is 8.53 Å². The lowest BCUT2D eigenvalue weighted by molar-refractivity contribution is 0.121. The summed E-state index contributed by atoms with van der Waals surface area (Å²) in [5, 5.41) is 2.68. The molecule has 0 bridgehead atoms. The number of hydrogen-bond acceptors (Lipinski definition) is 2. The molecule has 2 nitrogen and oxygen atoms in total. The molecular formula is C12H25AlO2. The molecule has 0 aromatic rings. The Hall–Kier alpha value is 0.452. The third-order valence-corrected chi connectivity index (χ3v) is 6.51. The van der Waals surface area contributed by atoms with E-state index < -0.39 is 14.5 Å². The summed E-state index contributed by atoms with van der Waals surface area (Å²) in [6.45, 7) is 8.63. The normalized spacial score (nSPS) is 23.0. The molecule has 0 amide bonds. The van der Waals surface area contributed by atoms with Crippen LogP contribution < -0.4 is 0 Å². The zero-order valence-electron chi connectivity index (χ0n) is 10.5. The van der Waals surface area contributed by atoms with Crippen molar-refractivity contribution >= 4 is 14.5 Å². The van der Waals surface area contributed by atoms with E-state index in [1.165, 1.54) is 29.8 Å². The van der Waals surface area contributed by atoms with E-state index in [9.17, 15) is 0 Å². The Morgan fingerprint density at radius 2 is 2.00 bits per heavy atom. The first-order valence-electron chi connectivity index (χ1n) is 6.51. The lowest BCUT2D eigenvalue weighted by Gasteiger charge is -2.23. The number of hydrogen-bond donors (Lipinski definition) is 0. The molecule has 2 atom stereocenters. The first kappa shape index (κ1) is 13.5. The van der Waals surface area contributed by atoms with Crippen molar-refractivity contribution in [3.05, 3.63) is 0 Å². The fourth-order valence-corrected chi connectivity index (χ4v) is 4.94. The van der Waals surface area contributed by atoms with Crippen LogP contribution in [0.2, 0.25) is 10.6 Å². The molecule has 1 aliphatic heterocycles. The van der Waals surface area contributed by atoms with E-state index in [1.807, 2.05) is 0 Å². The van der Waals surface area contributed by atoms with Crippen molar-refractivity contribution in [1.29, 1.82) is 0 Å². The van der Waals surface area contributed by atoms with Crippen LogP contribution >= 0.6 is 0 Å². The minimum Gasteiger partial charge on any atom is -0.498 e. The molecule has 1 saturated heterocycles. The van der Waals surface area contributed by atoms with Crippen LogP contribution in [0.25, 0.3) is 0 Å². The molecule has 0 aliphatic carbocycles. The third kappa shape index (κ3) is 4.87. The minimum atomic E-state index is -0.903.